The van der Waals surface area contributed by atoms with Crippen molar-refractivity contribution < 1.29 is 74.1 Å². The molecule has 6 heteroatoms. The van der Waals surface area contributed by atoms with Crippen molar-refractivity contribution in [3.8, 4) is 0 Å². The quantitative estimate of drug-likeness (QED) is 0.281. The molecule has 0 rings (SSSR count). The van der Waals surface area contributed by atoms with E-state index in [1.807, 2.05) is 0 Å². The van der Waals surface area contributed by atoms with Crippen LogP contribution in [0.2, 0.25) is 0 Å². The van der Waals surface area contributed by atoms with Crippen molar-refractivity contribution in [3.05, 3.63) is 11.1 Å². The van der Waals surface area contributed by atoms with Gasteiger partial charge in [0, 0.05) is 0 Å². The van der Waals surface area contributed by atoms with Crippen LogP contribution in [0, 0.1) is 5.92 Å². The van der Waals surface area contributed by atoms with E-state index in [1.54, 1.807) is 20.8 Å². The van der Waals surface area contributed by atoms with Gasteiger partial charge in [-0.1, -0.05) is 33.0 Å². The predicted octanol–water partition coefficient (Wildman–Crippen LogP) is -6.21. The number of rotatable bonds is 4. The molecule has 15 heavy (non-hydrogen) atoms. The fourth-order valence-electron chi connectivity index (χ4n) is 1.15. The van der Waals surface area contributed by atoms with E-state index in [2.05, 4.69) is 12.2 Å². The molecular formula is C9H12Na2O3S. The van der Waals surface area contributed by atoms with Crippen LogP contribution < -0.4 is 69.3 Å². The smallest absolute Gasteiger partial charge is 0.864 e. The van der Waals surface area contributed by atoms with Gasteiger partial charge in [0.2, 0.25) is 0 Å². The zero-order valence-corrected chi connectivity index (χ0v) is 14.7. The van der Waals surface area contributed by atoms with Crippen molar-refractivity contribution in [2.24, 2.45) is 5.92 Å². The van der Waals surface area contributed by atoms with E-state index in [0.717, 1.165) is 0 Å². The Hall–Kier alpha value is 1.10. The summed E-state index contributed by atoms with van der Waals surface area (Å²) < 4.78 is 0. The van der Waals surface area contributed by atoms with Gasteiger partial charge in [-0.3, -0.25) is 0 Å². The maximum atomic E-state index is 11.0. The number of aliphatic carboxylic acids is 1. The Balaban J connectivity index is -0.000000720. The monoisotopic (exact) mass is 246 g/mol. The van der Waals surface area contributed by atoms with Crippen LogP contribution in [0.3, 0.4) is 0 Å². The molecule has 0 aliphatic carbocycles. The minimum atomic E-state index is -1.30. The molecule has 0 unspecified atom stereocenters. The first-order valence-corrected chi connectivity index (χ1v) is 4.48. The van der Waals surface area contributed by atoms with Gasteiger partial charge in [0.1, 0.15) is 0 Å². The standard InChI is InChI=1S/C9H14O3S.2Na/c1-4-6(8(10)11)7(5(2)3)9(12)13;;/h5H,4H2,1-3H3,(H,10,11)(H,12,13);;/q;2*+1/p-2. The topological polar surface area (TPSA) is 63.2 Å². The maximum absolute atomic E-state index is 11.0. The zero-order chi connectivity index (χ0) is 10.6. The van der Waals surface area contributed by atoms with Crippen molar-refractivity contribution in [1.82, 2.24) is 0 Å². The van der Waals surface area contributed by atoms with Crippen molar-refractivity contribution >= 4 is 23.2 Å². The van der Waals surface area contributed by atoms with Crippen molar-refractivity contribution in [2.75, 3.05) is 0 Å². The van der Waals surface area contributed by atoms with E-state index in [-0.39, 0.29) is 82.6 Å². The van der Waals surface area contributed by atoms with Gasteiger partial charge in [-0.05, 0) is 28.5 Å². The molecule has 0 radical (unpaired) electrons. The van der Waals surface area contributed by atoms with Gasteiger partial charge in [0.05, 0.1) is 5.97 Å². The summed E-state index contributed by atoms with van der Waals surface area (Å²) >= 11 is 4.45. The number of hydrogen-bond donors (Lipinski definition) is 0. The molecule has 0 atom stereocenters. The van der Waals surface area contributed by atoms with Gasteiger partial charge in [0.15, 0.2) is 0 Å². The Morgan fingerprint density at radius 3 is 1.73 bits per heavy atom. The Kier molecular flexibility index (Phi) is 14.6. The summed E-state index contributed by atoms with van der Waals surface area (Å²) in [7, 11) is 0. The third kappa shape index (κ3) is 7.10. The molecule has 3 nitrogen and oxygen atoms in total. The molecule has 0 amide bonds. The van der Waals surface area contributed by atoms with Crippen LogP contribution in [-0.4, -0.2) is 11.0 Å². The second kappa shape index (κ2) is 10.3. The summed E-state index contributed by atoms with van der Waals surface area (Å²) in [6.07, 6.45) is 0.262. The van der Waals surface area contributed by atoms with Gasteiger partial charge in [-0.2, -0.15) is 0 Å². The molecule has 0 saturated carbocycles. The first kappa shape index (κ1) is 21.4. The second-order valence-electron chi connectivity index (χ2n) is 2.98. The predicted molar refractivity (Wildman–Crippen MR) is 49.8 cm³/mol. The second-order valence-corrected chi connectivity index (χ2v) is 3.35. The molecule has 0 aliphatic rings. The largest absolute Gasteiger partial charge is 1.00 e. The number of carboxylic acids is 1. The summed E-state index contributed by atoms with van der Waals surface area (Å²) in [5, 5.41) is 21.0. The normalized spacial score (nSPS) is 10.9. The van der Waals surface area contributed by atoms with Gasteiger partial charge < -0.3 is 15.0 Å². The average Bonchev–Trinajstić information content (AvgIpc) is 1.97. The van der Waals surface area contributed by atoms with Gasteiger partial charge in [-0.25, -0.2) is 0 Å². The summed E-state index contributed by atoms with van der Waals surface area (Å²) in [4.78, 5) is 10.6. The van der Waals surface area contributed by atoms with Gasteiger partial charge in [0.25, 0.3) is 0 Å². The van der Waals surface area contributed by atoms with Crippen molar-refractivity contribution in [2.45, 2.75) is 27.2 Å². The van der Waals surface area contributed by atoms with Crippen LogP contribution in [0.1, 0.15) is 27.2 Å². The molecule has 0 fully saturated rings. The summed E-state index contributed by atoms with van der Waals surface area (Å²) in [6, 6.07) is 0. The number of carbonyl (C=O) groups excluding carboxylic acids is 1. The van der Waals surface area contributed by atoms with Crippen LogP contribution >= 0.6 is 12.2 Å². The molecule has 0 aromatic rings. The molecule has 0 aromatic heterocycles. The Morgan fingerprint density at radius 1 is 1.27 bits per heavy atom. The van der Waals surface area contributed by atoms with Crippen LogP contribution in [0.25, 0.3) is 0 Å². The number of hydrogen-bond acceptors (Lipinski definition) is 4. The summed E-state index contributed by atoms with van der Waals surface area (Å²) in [5.74, 6) is -1.47. The van der Waals surface area contributed by atoms with E-state index in [9.17, 15) is 15.0 Å². The molecule has 0 N–H and O–H groups in total. The SMILES string of the molecule is CCC(C(=O)[O-])=C(C([O-])=S)C(C)C.[Na+].[Na+]. The fraction of sp³-hybridized carbons (Fsp3) is 0.556. The van der Waals surface area contributed by atoms with E-state index in [0.29, 0.717) is 0 Å². The van der Waals surface area contributed by atoms with Crippen LogP contribution in [0.4, 0.5) is 0 Å². The summed E-state index contributed by atoms with van der Waals surface area (Å²) in [5.41, 5.74) is 0.215. The minimum Gasteiger partial charge on any atom is -0.864 e. The van der Waals surface area contributed by atoms with Crippen molar-refractivity contribution in [3.63, 3.8) is 0 Å². The van der Waals surface area contributed by atoms with E-state index < -0.39 is 11.0 Å². The number of carbonyl (C=O) groups is 1. The molecular weight excluding hydrogens is 234 g/mol. The summed E-state index contributed by atoms with van der Waals surface area (Å²) in [6.45, 7) is 5.13. The van der Waals surface area contributed by atoms with E-state index >= 15 is 0 Å². The zero-order valence-electron chi connectivity index (χ0n) is 9.92. The maximum Gasteiger partial charge on any atom is 1.00 e. The molecule has 0 aromatic carbocycles. The third-order valence-electron chi connectivity index (χ3n) is 1.72. The molecule has 0 bridgehead atoms. The number of carboxylic acid groups (broad SMARTS) is 1. The van der Waals surface area contributed by atoms with E-state index in [4.69, 9.17) is 0 Å². The Morgan fingerprint density at radius 2 is 1.67 bits per heavy atom. The third-order valence-corrected chi connectivity index (χ3v) is 1.94. The molecule has 0 heterocycles. The minimum absolute atomic E-state index is 0. The van der Waals surface area contributed by atoms with Crippen LogP contribution in [0.15, 0.2) is 11.1 Å². The Labute approximate surface area is 140 Å². The van der Waals surface area contributed by atoms with Gasteiger partial charge >= 0.3 is 59.1 Å². The molecule has 0 saturated heterocycles. The average molecular weight is 246 g/mol. The first-order valence-electron chi connectivity index (χ1n) is 4.07. The fourth-order valence-corrected chi connectivity index (χ4v) is 1.51. The van der Waals surface area contributed by atoms with E-state index in [1.165, 1.54) is 0 Å². The molecule has 74 valence electrons. The molecule has 0 aliphatic heterocycles. The number of thiocarbonyl (C=S) groups is 1. The van der Waals surface area contributed by atoms with Gasteiger partial charge in [-0.15, -0.1) is 0 Å². The van der Waals surface area contributed by atoms with Crippen LogP contribution in [-0.2, 0) is 4.79 Å². The van der Waals surface area contributed by atoms with Crippen LogP contribution in [0.5, 0.6) is 0 Å². The Bertz CT molecular complexity index is 262. The first-order chi connectivity index (χ1) is 5.91. The van der Waals surface area contributed by atoms with Crippen molar-refractivity contribution in [1.29, 1.82) is 0 Å². The molecule has 0 spiro atoms.